The van der Waals surface area contributed by atoms with Gasteiger partial charge < -0.3 is 35.1 Å². The number of rotatable bonds is 13. The molecular formula is C45H67N5O7S. The highest BCUT2D eigenvalue weighted by atomic mass is 32.2. The van der Waals surface area contributed by atoms with E-state index in [9.17, 15) is 24.0 Å². The van der Waals surface area contributed by atoms with Gasteiger partial charge in [0, 0.05) is 35.8 Å². The zero-order valence-corrected chi connectivity index (χ0v) is 36.0. The first-order valence-electron chi connectivity index (χ1n) is 19.0. The fourth-order valence-corrected chi connectivity index (χ4v) is 5.74. The predicted octanol–water partition coefficient (Wildman–Crippen LogP) is 7.54. The molecule has 3 fully saturated rings. The molecule has 58 heavy (non-hydrogen) atoms. The molecule has 0 spiro atoms. The number of carbonyl (C=O) groups excluding carboxylic acids is 4. The number of ether oxygens (including phenoxy) is 2. The number of nitrogens with one attached hydrogen (secondary N) is 3. The van der Waals surface area contributed by atoms with Crippen LogP contribution in [0.1, 0.15) is 98.3 Å². The lowest BCUT2D eigenvalue weighted by Crippen LogP contribution is -2.46. The molecule has 2 heterocycles. The topological polar surface area (TPSA) is 173 Å². The minimum atomic E-state index is -0.725. The van der Waals surface area contributed by atoms with Crippen molar-refractivity contribution in [1.29, 1.82) is 0 Å². The molecule has 2 aliphatic carbocycles. The van der Waals surface area contributed by atoms with Crippen molar-refractivity contribution >= 4 is 47.0 Å². The van der Waals surface area contributed by atoms with Crippen LogP contribution < -0.4 is 26.1 Å². The van der Waals surface area contributed by atoms with Crippen molar-refractivity contribution < 1.29 is 28.7 Å². The number of terminal acetylenes is 3. The van der Waals surface area contributed by atoms with E-state index in [2.05, 4.69) is 85.0 Å². The van der Waals surface area contributed by atoms with Gasteiger partial charge in [-0.2, -0.15) is 0 Å². The molecular weight excluding hydrogens is 755 g/mol. The van der Waals surface area contributed by atoms with Crippen LogP contribution in [0.4, 0.5) is 4.79 Å². The van der Waals surface area contributed by atoms with Gasteiger partial charge in [-0.05, 0) is 96.1 Å². The first-order valence-corrected chi connectivity index (χ1v) is 19.9. The summed E-state index contributed by atoms with van der Waals surface area (Å²) >= 11 is 1.52. The summed E-state index contributed by atoms with van der Waals surface area (Å²) in [4.78, 5) is 60.1. The van der Waals surface area contributed by atoms with E-state index in [0.717, 1.165) is 75.0 Å². The first kappa shape index (κ1) is 56.7. The number of allylic oxidation sites excluding steroid dienone is 1. The van der Waals surface area contributed by atoms with Crippen molar-refractivity contribution in [2.24, 2.45) is 11.7 Å². The quantitative estimate of drug-likeness (QED) is 0.0528. The number of nitrogens with two attached hydrogens (primary N) is 1. The summed E-state index contributed by atoms with van der Waals surface area (Å²) in [5, 5.41) is 5.26. The van der Waals surface area contributed by atoms with Gasteiger partial charge in [0.15, 0.2) is 0 Å². The van der Waals surface area contributed by atoms with Crippen LogP contribution in [0.2, 0.25) is 0 Å². The number of amides is 4. The van der Waals surface area contributed by atoms with E-state index >= 15 is 0 Å². The van der Waals surface area contributed by atoms with Crippen LogP contribution in [-0.4, -0.2) is 70.8 Å². The maximum atomic E-state index is 12.5. The van der Waals surface area contributed by atoms with Crippen LogP contribution in [0.5, 0.6) is 5.75 Å². The average Bonchev–Trinajstić information content (AvgIpc) is 4.17. The van der Waals surface area contributed by atoms with Crippen molar-refractivity contribution in [3.05, 3.63) is 66.6 Å². The van der Waals surface area contributed by atoms with Crippen LogP contribution in [-0.2, 0) is 19.1 Å². The monoisotopic (exact) mass is 821 g/mol. The van der Waals surface area contributed by atoms with E-state index in [1.54, 1.807) is 40.1 Å². The zero-order chi connectivity index (χ0) is 45.1. The number of hydrogen-bond donors (Lipinski definition) is 4. The average molecular weight is 822 g/mol. The van der Waals surface area contributed by atoms with Crippen LogP contribution in [0.15, 0.2) is 61.1 Å². The summed E-state index contributed by atoms with van der Waals surface area (Å²) in [5.74, 6) is 1.30. The maximum Gasteiger partial charge on any atom is 0.405 e. The van der Waals surface area contributed by atoms with Gasteiger partial charge >= 0.3 is 6.09 Å². The minimum absolute atomic E-state index is 0.0620. The standard InChI is InChI=1S/C18H30N2O2.C10H9NO2.C5H11NO2.C4H7NOS.C2H4.3C2H2/c1-3-4-5-6-8-14(2)13-17(21)20-12-7-9-16(20)18(22)19-15-10-11-15;1-13-9-6-11-10(12)8-5-3-2-4-7(8)9;1-5(2,3)8-4(6)7;6-3-5-7-4-1-2-4;4*1-2/h3,14-16H,1,4-13H2,2H3,(H,19,22);2-6H,1H3,(H,11,12);1-3H3,(H2,6,7);3-4H,1-2H2,(H,5,6);1-2H2;3*1-2H/t14-,16+;;;;;;;/m1......./s1. The fraction of sp³-hybridized carbons (Fsp3) is 0.489. The Morgan fingerprint density at radius 2 is 1.60 bits per heavy atom. The molecule has 1 aromatic heterocycles. The Morgan fingerprint density at radius 3 is 2.07 bits per heavy atom. The van der Waals surface area contributed by atoms with E-state index in [1.807, 2.05) is 29.2 Å². The molecule has 320 valence electrons. The highest BCUT2D eigenvalue weighted by Crippen LogP contribution is 2.31. The molecule has 1 saturated heterocycles. The van der Waals surface area contributed by atoms with E-state index in [0.29, 0.717) is 29.5 Å². The van der Waals surface area contributed by atoms with Crippen molar-refractivity contribution in [3.63, 3.8) is 0 Å². The molecule has 5 rings (SSSR count). The molecule has 0 bridgehead atoms. The van der Waals surface area contributed by atoms with Crippen LogP contribution in [0, 0.1) is 44.5 Å². The molecule has 5 N–H and O–H groups in total. The molecule has 2 aromatic rings. The second-order valence-corrected chi connectivity index (χ2v) is 14.9. The van der Waals surface area contributed by atoms with Gasteiger partial charge in [0.1, 0.15) is 17.4 Å². The predicted molar refractivity (Wildman–Crippen MR) is 241 cm³/mol. The SMILES string of the molecule is C#C.C#C.C#C.C=C.C=CCCCC[C@@H](C)CC(=O)N1CCC[C@H]1C(=O)NC1CC1.CC(C)(C)OC(N)=O.COc1c[nH]c(=O)c2ccccc12.O=CNSC1CC1. The largest absolute Gasteiger partial charge is 0.495 e. The number of likely N-dealkylation sites (tertiary alicyclic amines) is 1. The lowest BCUT2D eigenvalue weighted by atomic mass is 9.99. The molecule has 12 nitrogen and oxygen atoms in total. The van der Waals surface area contributed by atoms with Gasteiger partial charge in [-0.1, -0.05) is 44.0 Å². The van der Waals surface area contributed by atoms with E-state index in [-0.39, 0.29) is 23.4 Å². The number of fused-ring (bicyclic) bond motifs is 1. The number of hydrogen-bond acceptors (Lipinski definition) is 8. The lowest BCUT2D eigenvalue weighted by molar-refractivity contribution is -0.139. The highest BCUT2D eigenvalue weighted by molar-refractivity contribution is 7.98. The number of primary amides is 1. The maximum absolute atomic E-state index is 12.5. The van der Waals surface area contributed by atoms with Crippen LogP contribution >= 0.6 is 11.9 Å². The van der Waals surface area contributed by atoms with Gasteiger partial charge in [-0.3, -0.25) is 19.2 Å². The molecule has 2 saturated carbocycles. The normalized spacial score (nSPS) is 14.7. The Labute approximate surface area is 352 Å². The van der Waals surface area contributed by atoms with Crippen molar-refractivity contribution in [2.75, 3.05) is 13.7 Å². The minimum Gasteiger partial charge on any atom is -0.495 e. The van der Waals surface area contributed by atoms with Crippen molar-refractivity contribution in [2.45, 2.75) is 121 Å². The first-order chi connectivity index (χ1) is 27.8. The Hall–Kier alpha value is -5.58. The molecule has 2 atom stereocenters. The fourth-order valence-electron chi connectivity index (χ4n) is 5.12. The molecule has 13 heteroatoms. The summed E-state index contributed by atoms with van der Waals surface area (Å²) < 4.78 is 12.2. The molecule has 0 radical (unpaired) electrons. The molecule has 3 aliphatic rings. The van der Waals surface area contributed by atoms with E-state index in [1.165, 1.54) is 24.8 Å². The molecule has 0 unspecified atom stereocenters. The summed E-state index contributed by atoms with van der Waals surface area (Å²) in [6.45, 7) is 17.9. The smallest absolute Gasteiger partial charge is 0.405 e. The Morgan fingerprint density at radius 1 is 1.02 bits per heavy atom. The Balaban J connectivity index is -0.000000714. The Bertz CT molecular complexity index is 1580. The van der Waals surface area contributed by atoms with Gasteiger partial charge in [0.2, 0.25) is 18.2 Å². The number of carbonyl (C=O) groups is 4. The van der Waals surface area contributed by atoms with Crippen LogP contribution in [0.25, 0.3) is 10.8 Å². The lowest BCUT2D eigenvalue weighted by Gasteiger charge is -2.25. The second kappa shape index (κ2) is 34.7. The summed E-state index contributed by atoms with van der Waals surface area (Å²) in [6.07, 6.45) is 39.0. The Kier molecular flexibility index (Phi) is 33.9. The van der Waals surface area contributed by atoms with Gasteiger partial charge in [0.25, 0.3) is 5.56 Å². The molecule has 4 amide bonds. The van der Waals surface area contributed by atoms with E-state index in [4.69, 9.17) is 10.5 Å². The third-order valence-electron chi connectivity index (χ3n) is 7.88. The number of pyridine rings is 1. The van der Waals surface area contributed by atoms with Gasteiger partial charge in [0.05, 0.1) is 12.5 Å². The highest BCUT2D eigenvalue weighted by Gasteiger charge is 2.36. The third-order valence-corrected chi connectivity index (χ3v) is 8.92. The summed E-state index contributed by atoms with van der Waals surface area (Å²) in [6, 6.07) is 7.50. The number of unbranched alkanes of at least 4 members (excludes halogenated alkanes) is 2. The second-order valence-electron chi connectivity index (χ2n) is 13.7. The summed E-state index contributed by atoms with van der Waals surface area (Å²) in [7, 11) is 1.58. The zero-order valence-electron chi connectivity index (χ0n) is 35.2. The van der Waals surface area contributed by atoms with Gasteiger partial charge in [-0.25, -0.2) is 4.79 Å². The number of aromatic amines is 1. The number of methoxy groups -OCH3 is 1. The van der Waals surface area contributed by atoms with Gasteiger partial charge in [-0.15, -0.1) is 58.3 Å². The number of benzene rings is 1. The van der Waals surface area contributed by atoms with Crippen LogP contribution in [0.3, 0.4) is 0 Å². The summed E-state index contributed by atoms with van der Waals surface area (Å²) in [5.41, 5.74) is 4.18. The number of H-pyrrole nitrogens is 1. The van der Waals surface area contributed by atoms with Crippen molar-refractivity contribution in [3.8, 4) is 44.3 Å². The molecule has 1 aliphatic heterocycles. The van der Waals surface area contributed by atoms with E-state index < -0.39 is 11.7 Å². The third kappa shape index (κ3) is 27.1. The molecule has 1 aromatic carbocycles. The number of nitrogens with zero attached hydrogens (tertiary/aromatic N) is 1. The van der Waals surface area contributed by atoms with Crippen molar-refractivity contribution in [1.82, 2.24) is 19.9 Å². The number of aromatic nitrogens is 1.